The molecule has 1 heterocycles. The van der Waals surface area contributed by atoms with E-state index >= 15 is 0 Å². The Bertz CT molecular complexity index is 704. The summed E-state index contributed by atoms with van der Waals surface area (Å²) in [5, 5.41) is 6.96. The fourth-order valence-electron chi connectivity index (χ4n) is 4.41. The molecule has 2 aliphatic rings. The molecule has 32 heavy (non-hydrogen) atoms. The molecule has 1 aliphatic heterocycles. The van der Waals surface area contributed by atoms with Crippen LogP contribution in [-0.2, 0) is 11.3 Å². The van der Waals surface area contributed by atoms with E-state index in [-0.39, 0.29) is 24.0 Å². The van der Waals surface area contributed by atoms with Crippen LogP contribution >= 0.6 is 24.0 Å². The largest absolute Gasteiger partial charge is 0.493 e. The number of ether oxygens (including phenoxy) is 3. The first kappa shape index (κ1) is 27.0. The minimum atomic E-state index is 0. The second-order valence-electron chi connectivity index (χ2n) is 8.78. The van der Waals surface area contributed by atoms with Gasteiger partial charge >= 0.3 is 0 Å². The lowest BCUT2D eigenvalue weighted by molar-refractivity contribution is 0.00752. The van der Waals surface area contributed by atoms with Crippen LogP contribution in [-0.4, -0.2) is 70.0 Å². The molecule has 0 amide bonds. The molecular weight excluding hydrogens is 519 g/mol. The zero-order chi connectivity index (χ0) is 22.1. The standard InChI is InChI=1S/C24H40N4O3.HI/c1-18(2)21(28-11-13-30-14-12-28)17-27-24(25-3)26-16-19-9-10-22(29-4)23(15-19)31-20-7-5-6-8-20;/h9-10,15,18,20-21H,5-8,11-14,16-17H2,1-4H3,(H2,25,26,27);1H. The van der Waals surface area contributed by atoms with E-state index in [4.69, 9.17) is 14.2 Å². The molecule has 0 aromatic heterocycles. The van der Waals surface area contributed by atoms with Crippen LogP contribution in [0.5, 0.6) is 11.5 Å². The maximum absolute atomic E-state index is 6.23. The first-order valence-corrected chi connectivity index (χ1v) is 11.7. The number of rotatable bonds is 9. The van der Waals surface area contributed by atoms with Crippen LogP contribution in [0.4, 0.5) is 0 Å². The Labute approximate surface area is 210 Å². The van der Waals surface area contributed by atoms with E-state index in [1.807, 2.05) is 13.1 Å². The van der Waals surface area contributed by atoms with Gasteiger partial charge in [0.05, 0.1) is 26.4 Å². The molecular formula is C24H41IN4O3. The van der Waals surface area contributed by atoms with E-state index in [1.165, 1.54) is 12.8 Å². The molecule has 1 aliphatic carbocycles. The number of hydrogen-bond acceptors (Lipinski definition) is 5. The molecule has 8 heteroatoms. The van der Waals surface area contributed by atoms with Crippen LogP contribution in [0.2, 0.25) is 0 Å². The average molecular weight is 561 g/mol. The highest BCUT2D eigenvalue weighted by Crippen LogP contribution is 2.32. The summed E-state index contributed by atoms with van der Waals surface area (Å²) in [4.78, 5) is 6.93. The third kappa shape index (κ3) is 7.95. The molecule has 1 aromatic carbocycles. The van der Waals surface area contributed by atoms with E-state index in [2.05, 4.69) is 46.5 Å². The molecule has 1 saturated carbocycles. The number of halogens is 1. The number of nitrogens with zero attached hydrogens (tertiary/aromatic N) is 2. The van der Waals surface area contributed by atoms with Crippen molar-refractivity contribution in [1.29, 1.82) is 0 Å². The van der Waals surface area contributed by atoms with E-state index < -0.39 is 0 Å². The van der Waals surface area contributed by atoms with Crippen LogP contribution in [0.15, 0.2) is 23.2 Å². The second-order valence-corrected chi connectivity index (χ2v) is 8.78. The molecule has 1 saturated heterocycles. The molecule has 3 rings (SSSR count). The summed E-state index contributed by atoms with van der Waals surface area (Å²) in [6, 6.07) is 6.60. The Hall–Kier alpha value is -1.26. The van der Waals surface area contributed by atoms with E-state index in [0.29, 0.717) is 24.6 Å². The Morgan fingerprint density at radius 1 is 1.16 bits per heavy atom. The highest BCUT2D eigenvalue weighted by Gasteiger charge is 2.24. The zero-order valence-electron chi connectivity index (χ0n) is 20.1. The third-order valence-electron chi connectivity index (χ3n) is 6.27. The SMILES string of the molecule is CN=C(NCc1ccc(OC)c(OC2CCCC2)c1)NCC(C(C)C)N1CCOCC1.I. The normalized spacial score (nSPS) is 18.8. The van der Waals surface area contributed by atoms with Gasteiger partial charge in [0, 0.05) is 39.3 Å². The second kappa shape index (κ2) is 14.1. The van der Waals surface area contributed by atoms with Crippen LogP contribution in [0.1, 0.15) is 45.1 Å². The van der Waals surface area contributed by atoms with Crippen LogP contribution < -0.4 is 20.1 Å². The van der Waals surface area contributed by atoms with E-state index in [0.717, 1.165) is 68.7 Å². The summed E-state index contributed by atoms with van der Waals surface area (Å²) in [6.07, 6.45) is 5.06. The van der Waals surface area contributed by atoms with Crippen molar-refractivity contribution >= 4 is 29.9 Å². The van der Waals surface area contributed by atoms with Crippen molar-refractivity contribution in [1.82, 2.24) is 15.5 Å². The van der Waals surface area contributed by atoms with Crippen LogP contribution in [0.3, 0.4) is 0 Å². The predicted octanol–water partition coefficient (Wildman–Crippen LogP) is 3.66. The summed E-state index contributed by atoms with van der Waals surface area (Å²) < 4.78 is 17.3. The van der Waals surface area contributed by atoms with Gasteiger partial charge in [-0.1, -0.05) is 19.9 Å². The van der Waals surface area contributed by atoms with Crippen molar-refractivity contribution in [3.63, 3.8) is 0 Å². The number of guanidine groups is 1. The van der Waals surface area contributed by atoms with Crippen molar-refractivity contribution in [3.05, 3.63) is 23.8 Å². The van der Waals surface area contributed by atoms with Crippen LogP contribution in [0.25, 0.3) is 0 Å². The van der Waals surface area contributed by atoms with E-state index in [9.17, 15) is 0 Å². The van der Waals surface area contributed by atoms with Gasteiger partial charge < -0.3 is 24.8 Å². The highest BCUT2D eigenvalue weighted by molar-refractivity contribution is 14.0. The lowest BCUT2D eigenvalue weighted by Crippen LogP contribution is -2.52. The van der Waals surface area contributed by atoms with Gasteiger partial charge in [-0.25, -0.2) is 0 Å². The van der Waals surface area contributed by atoms with Crippen LogP contribution in [0, 0.1) is 5.92 Å². The van der Waals surface area contributed by atoms with Crippen molar-refractivity contribution in [2.75, 3.05) is 47.0 Å². The lowest BCUT2D eigenvalue weighted by Gasteiger charge is -2.37. The molecule has 2 N–H and O–H groups in total. The van der Waals surface area contributed by atoms with Gasteiger partial charge in [0.1, 0.15) is 0 Å². The summed E-state index contributed by atoms with van der Waals surface area (Å²) >= 11 is 0. The summed E-state index contributed by atoms with van der Waals surface area (Å²) in [6.45, 7) is 9.71. The predicted molar refractivity (Wildman–Crippen MR) is 141 cm³/mol. The summed E-state index contributed by atoms with van der Waals surface area (Å²) in [5.41, 5.74) is 1.14. The first-order chi connectivity index (χ1) is 15.1. The molecule has 1 aromatic rings. The Morgan fingerprint density at radius 2 is 1.88 bits per heavy atom. The average Bonchev–Trinajstić information content (AvgIpc) is 3.30. The minimum Gasteiger partial charge on any atom is -0.493 e. The monoisotopic (exact) mass is 560 g/mol. The van der Waals surface area contributed by atoms with Crippen molar-refractivity contribution < 1.29 is 14.2 Å². The van der Waals surface area contributed by atoms with Crippen molar-refractivity contribution in [2.24, 2.45) is 10.9 Å². The highest BCUT2D eigenvalue weighted by atomic mass is 127. The topological polar surface area (TPSA) is 67.4 Å². The van der Waals surface area contributed by atoms with Gasteiger partial charge in [0.25, 0.3) is 0 Å². The molecule has 0 bridgehead atoms. The Morgan fingerprint density at radius 3 is 2.50 bits per heavy atom. The summed E-state index contributed by atoms with van der Waals surface area (Å²) in [7, 11) is 3.51. The Kier molecular flexibility index (Phi) is 11.9. The van der Waals surface area contributed by atoms with Gasteiger partial charge in [-0.15, -0.1) is 24.0 Å². The number of benzene rings is 1. The number of methoxy groups -OCH3 is 1. The number of hydrogen-bond donors (Lipinski definition) is 2. The number of nitrogens with one attached hydrogen (secondary N) is 2. The first-order valence-electron chi connectivity index (χ1n) is 11.7. The van der Waals surface area contributed by atoms with Gasteiger partial charge in [-0.3, -0.25) is 9.89 Å². The maximum atomic E-state index is 6.23. The van der Waals surface area contributed by atoms with Crippen molar-refractivity contribution in [2.45, 2.75) is 58.2 Å². The van der Waals surface area contributed by atoms with E-state index in [1.54, 1.807) is 7.11 Å². The zero-order valence-corrected chi connectivity index (χ0v) is 22.4. The number of morpholine rings is 1. The smallest absolute Gasteiger partial charge is 0.191 e. The molecule has 182 valence electrons. The van der Waals surface area contributed by atoms with Gasteiger partial charge in [0.2, 0.25) is 0 Å². The molecule has 0 radical (unpaired) electrons. The molecule has 0 spiro atoms. The molecule has 7 nitrogen and oxygen atoms in total. The fourth-order valence-corrected chi connectivity index (χ4v) is 4.41. The molecule has 1 unspecified atom stereocenters. The number of aliphatic imine (C=N–C) groups is 1. The van der Waals surface area contributed by atoms with Gasteiger partial charge in [-0.05, 0) is 49.3 Å². The molecule has 1 atom stereocenters. The van der Waals surface area contributed by atoms with Gasteiger partial charge in [0.15, 0.2) is 17.5 Å². The fraction of sp³-hybridized carbons (Fsp3) is 0.708. The summed E-state index contributed by atoms with van der Waals surface area (Å²) in [5.74, 6) is 3.00. The maximum Gasteiger partial charge on any atom is 0.191 e. The quantitative estimate of drug-likeness (QED) is 0.273. The minimum absolute atomic E-state index is 0. The Balaban J connectivity index is 0.00000363. The van der Waals surface area contributed by atoms with Crippen molar-refractivity contribution in [3.8, 4) is 11.5 Å². The third-order valence-corrected chi connectivity index (χ3v) is 6.27. The molecule has 2 fully saturated rings. The van der Waals surface area contributed by atoms with Gasteiger partial charge in [-0.2, -0.15) is 0 Å². The lowest BCUT2D eigenvalue weighted by atomic mass is 10.0.